The lowest BCUT2D eigenvalue weighted by molar-refractivity contribution is -0.137. The third-order valence-electron chi connectivity index (χ3n) is 3.61. The van der Waals surface area contributed by atoms with Crippen LogP contribution in [0.15, 0.2) is 41.0 Å². The normalized spacial score (nSPS) is 10.5. The van der Waals surface area contributed by atoms with Crippen LogP contribution in [0.5, 0.6) is 0 Å². The van der Waals surface area contributed by atoms with Crippen molar-refractivity contribution in [1.29, 1.82) is 0 Å². The maximum absolute atomic E-state index is 12.0. The molecule has 2 aromatic rings. The van der Waals surface area contributed by atoms with Gasteiger partial charge >= 0.3 is 5.97 Å². The molecule has 0 aliphatic rings. The Morgan fingerprint density at radius 2 is 1.75 bits per heavy atom. The third-order valence-corrected chi connectivity index (χ3v) is 3.61. The molecule has 0 radical (unpaired) electrons. The molecule has 1 aromatic heterocycles. The van der Waals surface area contributed by atoms with Crippen LogP contribution in [0, 0.1) is 0 Å². The molecule has 0 spiro atoms. The van der Waals surface area contributed by atoms with Gasteiger partial charge in [0, 0.05) is 18.5 Å². The summed E-state index contributed by atoms with van der Waals surface area (Å²) >= 11 is 0. The number of nitrogens with zero attached hydrogens (tertiary/aromatic N) is 1. The first kappa shape index (κ1) is 17.7. The molecule has 24 heavy (non-hydrogen) atoms. The van der Waals surface area contributed by atoms with Gasteiger partial charge in [0.2, 0.25) is 5.89 Å². The van der Waals surface area contributed by atoms with Crippen LogP contribution >= 0.6 is 0 Å². The van der Waals surface area contributed by atoms with E-state index in [-0.39, 0.29) is 18.0 Å². The minimum atomic E-state index is -0.746. The summed E-state index contributed by atoms with van der Waals surface area (Å²) in [5.41, 5.74) is 1.10. The number of oxazole rings is 1. The average molecular weight is 330 g/mol. The second-order valence-corrected chi connectivity index (χ2v) is 5.57. The highest BCUT2D eigenvalue weighted by atomic mass is 16.4. The van der Waals surface area contributed by atoms with Crippen LogP contribution in [0.4, 0.5) is 0 Å². The van der Waals surface area contributed by atoms with E-state index in [9.17, 15) is 9.59 Å². The monoisotopic (exact) mass is 330 g/mol. The molecule has 0 saturated carbocycles. The second kappa shape index (κ2) is 9.50. The summed E-state index contributed by atoms with van der Waals surface area (Å²) in [6.07, 6.45) is 6.02. The van der Waals surface area contributed by atoms with Crippen molar-refractivity contribution in [2.24, 2.45) is 0 Å². The minimum Gasteiger partial charge on any atom is -0.481 e. The van der Waals surface area contributed by atoms with Gasteiger partial charge in [0.15, 0.2) is 5.69 Å². The molecule has 6 heteroatoms. The zero-order chi connectivity index (χ0) is 17.2. The van der Waals surface area contributed by atoms with Gasteiger partial charge in [0.05, 0.1) is 0 Å². The number of carboxylic acid groups (broad SMARTS) is 1. The molecule has 0 atom stereocenters. The van der Waals surface area contributed by atoms with Gasteiger partial charge in [-0.3, -0.25) is 9.59 Å². The second-order valence-electron chi connectivity index (χ2n) is 5.57. The molecule has 1 amide bonds. The van der Waals surface area contributed by atoms with Crippen molar-refractivity contribution in [3.8, 4) is 11.5 Å². The largest absolute Gasteiger partial charge is 0.481 e. The highest BCUT2D eigenvalue weighted by molar-refractivity contribution is 5.92. The highest BCUT2D eigenvalue weighted by Crippen LogP contribution is 2.17. The Morgan fingerprint density at radius 3 is 2.50 bits per heavy atom. The number of benzene rings is 1. The summed E-state index contributed by atoms with van der Waals surface area (Å²) < 4.78 is 5.34. The highest BCUT2D eigenvalue weighted by Gasteiger charge is 2.12. The van der Waals surface area contributed by atoms with Crippen LogP contribution in [0.2, 0.25) is 0 Å². The molecule has 0 aliphatic carbocycles. The van der Waals surface area contributed by atoms with Gasteiger partial charge in [-0.2, -0.15) is 0 Å². The number of amides is 1. The van der Waals surface area contributed by atoms with E-state index < -0.39 is 5.97 Å². The first-order chi connectivity index (χ1) is 11.7. The third kappa shape index (κ3) is 5.87. The molecule has 0 saturated heterocycles. The molecular weight excluding hydrogens is 308 g/mol. The molecule has 0 bridgehead atoms. The molecule has 2 N–H and O–H groups in total. The quantitative estimate of drug-likeness (QED) is 0.650. The summed E-state index contributed by atoms with van der Waals surface area (Å²) in [6.45, 7) is 0.575. The Balaban J connectivity index is 1.65. The van der Waals surface area contributed by atoms with Crippen molar-refractivity contribution in [2.75, 3.05) is 6.54 Å². The lowest BCUT2D eigenvalue weighted by Gasteiger charge is -2.03. The van der Waals surface area contributed by atoms with E-state index in [1.165, 1.54) is 6.26 Å². The van der Waals surface area contributed by atoms with Crippen molar-refractivity contribution >= 4 is 11.9 Å². The zero-order valence-corrected chi connectivity index (χ0v) is 13.5. The van der Waals surface area contributed by atoms with E-state index in [1.54, 1.807) is 0 Å². The summed E-state index contributed by atoms with van der Waals surface area (Å²) in [4.78, 5) is 26.6. The van der Waals surface area contributed by atoms with Gasteiger partial charge in [0.25, 0.3) is 5.91 Å². The Kier molecular flexibility index (Phi) is 7.01. The molecule has 0 unspecified atom stereocenters. The first-order valence-corrected chi connectivity index (χ1v) is 8.18. The van der Waals surface area contributed by atoms with Crippen molar-refractivity contribution in [3.63, 3.8) is 0 Å². The molecule has 6 nitrogen and oxygen atoms in total. The van der Waals surface area contributed by atoms with E-state index in [2.05, 4.69) is 10.3 Å². The Hall–Kier alpha value is -2.63. The number of rotatable bonds is 10. The molecule has 1 aromatic carbocycles. The van der Waals surface area contributed by atoms with E-state index in [4.69, 9.17) is 9.52 Å². The molecular formula is C18H22N2O4. The van der Waals surface area contributed by atoms with E-state index >= 15 is 0 Å². The number of carbonyl (C=O) groups is 2. The van der Waals surface area contributed by atoms with Crippen LogP contribution in [0.25, 0.3) is 11.5 Å². The van der Waals surface area contributed by atoms with Gasteiger partial charge in [-0.1, -0.05) is 37.5 Å². The fraction of sp³-hybridized carbons (Fsp3) is 0.389. The van der Waals surface area contributed by atoms with E-state index in [1.807, 2.05) is 30.3 Å². The Bertz CT molecular complexity index is 652. The molecule has 128 valence electrons. The molecule has 2 rings (SSSR count). The van der Waals surface area contributed by atoms with Crippen LogP contribution in [-0.4, -0.2) is 28.5 Å². The van der Waals surface area contributed by atoms with Crippen molar-refractivity contribution in [1.82, 2.24) is 10.3 Å². The van der Waals surface area contributed by atoms with Crippen molar-refractivity contribution in [2.45, 2.75) is 38.5 Å². The van der Waals surface area contributed by atoms with E-state index in [0.717, 1.165) is 31.2 Å². The minimum absolute atomic E-state index is 0.229. The van der Waals surface area contributed by atoms with Gasteiger partial charge < -0.3 is 14.8 Å². The van der Waals surface area contributed by atoms with Crippen LogP contribution < -0.4 is 5.32 Å². The SMILES string of the molecule is O=C(O)CCCCCCCNC(=O)c1coc(-c2ccccc2)n1. The molecule has 1 heterocycles. The number of aliphatic carboxylic acids is 1. The van der Waals surface area contributed by atoms with Gasteiger partial charge in [-0.25, -0.2) is 4.98 Å². The number of nitrogens with one attached hydrogen (secondary N) is 1. The van der Waals surface area contributed by atoms with E-state index in [0.29, 0.717) is 18.9 Å². The number of hydrogen-bond donors (Lipinski definition) is 2. The summed E-state index contributed by atoms with van der Waals surface area (Å²) in [5, 5.41) is 11.4. The number of carbonyl (C=O) groups excluding carboxylic acids is 1. The zero-order valence-electron chi connectivity index (χ0n) is 13.5. The van der Waals surface area contributed by atoms with Crippen molar-refractivity contribution < 1.29 is 19.1 Å². The number of aromatic nitrogens is 1. The lowest BCUT2D eigenvalue weighted by atomic mass is 10.1. The van der Waals surface area contributed by atoms with Gasteiger partial charge in [0.1, 0.15) is 6.26 Å². The van der Waals surface area contributed by atoms with Crippen LogP contribution in [0.1, 0.15) is 49.0 Å². The summed E-state index contributed by atoms with van der Waals surface area (Å²) in [6, 6.07) is 9.42. The number of carboxylic acids is 1. The molecule has 0 aliphatic heterocycles. The first-order valence-electron chi connectivity index (χ1n) is 8.18. The predicted octanol–water partition coefficient (Wildman–Crippen LogP) is 3.50. The lowest BCUT2D eigenvalue weighted by Crippen LogP contribution is -2.24. The average Bonchev–Trinajstić information content (AvgIpc) is 3.08. The van der Waals surface area contributed by atoms with Gasteiger partial charge in [-0.15, -0.1) is 0 Å². The van der Waals surface area contributed by atoms with Gasteiger partial charge in [-0.05, 0) is 25.0 Å². The van der Waals surface area contributed by atoms with Crippen molar-refractivity contribution in [3.05, 3.63) is 42.3 Å². The van der Waals surface area contributed by atoms with Crippen LogP contribution in [0.3, 0.4) is 0 Å². The summed E-state index contributed by atoms with van der Waals surface area (Å²) in [7, 11) is 0. The number of unbranched alkanes of at least 4 members (excludes halogenated alkanes) is 4. The fourth-order valence-corrected chi connectivity index (χ4v) is 2.32. The topological polar surface area (TPSA) is 92.4 Å². The number of hydrogen-bond acceptors (Lipinski definition) is 4. The fourth-order valence-electron chi connectivity index (χ4n) is 2.32. The Morgan fingerprint density at radius 1 is 1.04 bits per heavy atom. The maximum atomic E-state index is 12.0. The standard InChI is InChI=1S/C18H22N2O4/c21-16(22)11-7-2-1-3-8-12-19-17(23)15-13-24-18(20-15)14-9-5-4-6-10-14/h4-6,9-10,13H,1-3,7-8,11-12H2,(H,19,23)(H,21,22). The molecule has 0 fully saturated rings. The predicted molar refractivity (Wildman–Crippen MR) is 89.6 cm³/mol. The smallest absolute Gasteiger partial charge is 0.303 e. The maximum Gasteiger partial charge on any atom is 0.303 e. The summed E-state index contributed by atoms with van der Waals surface area (Å²) in [5.74, 6) is -0.560. The van der Waals surface area contributed by atoms with Crippen LogP contribution in [-0.2, 0) is 4.79 Å². The Labute approximate surface area is 140 Å².